The van der Waals surface area contributed by atoms with Crippen LogP contribution in [-0.4, -0.2) is 47.2 Å². The van der Waals surface area contributed by atoms with Gasteiger partial charge in [-0.05, 0) is 36.4 Å². The highest BCUT2D eigenvalue weighted by molar-refractivity contribution is 7.16. The molecule has 1 fully saturated rings. The van der Waals surface area contributed by atoms with Crippen molar-refractivity contribution in [3.63, 3.8) is 0 Å². The van der Waals surface area contributed by atoms with E-state index >= 15 is 0 Å². The van der Waals surface area contributed by atoms with E-state index in [4.69, 9.17) is 11.6 Å². The lowest BCUT2D eigenvalue weighted by Crippen LogP contribution is -2.46. The molecule has 1 aliphatic heterocycles. The smallest absolute Gasteiger partial charge is 0.276 e. The Morgan fingerprint density at radius 2 is 1.79 bits per heavy atom. The van der Waals surface area contributed by atoms with E-state index in [9.17, 15) is 4.79 Å². The molecule has 3 heterocycles. The topological polar surface area (TPSA) is 61.4 Å². The van der Waals surface area contributed by atoms with Crippen molar-refractivity contribution in [2.75, 3.05) is 36.4 Å². The predicted octanol–water partition coefficient (Wildman–Crippen LogP) is 3.77. The molecule has 4 rings (SSSR count). The predicted molar refractivity (Wildman–Crippen MR) is 113 cm³/mol. The molecule has 8 heteroatoms. The Bertz CT molecular complexity index is 923. The number of nitrogens with zero attached hydrogens (tertiary/aromatic N) is 4. The first-order chi connectivity index (χ1) is 13.7. The number of thiophene rings is 1. The van der Waals surface area contributed by atoms with Gasteiger partial charge in [0.05, 0.1) is 4.34 Å². The van der Waals surface area contributed by atoms with E-state index < -0.39 is 0 Å². The Hall–Kier alpha value is -2.48. The number of hydrogen-bond donors (Lipinski definition) is 1. The molecule has 3 aromatic rings. The fourth-order valence-corrected chi connectivity index (χ4v) is 4.25. The molecule has 144 valence electrons. The lowest BCUT2D eigenvalue weighted by atomic mass is 10.2. The Labute approximate surface area is 172 Å². The second kappa shape index (κ2) is 8.68. The highest BCUT2D eigenvalue weighted by Gasteiger charge is 2.19. The molecule has 6 nitrogen and oxygen atoms in total. The van der Waals surface area contributed by atoms with Crippen LogP contribution in [0.5, 0.6) is 0 Å². The van der Waals surface area contributed by atoms with Gasteiger partial charge in [-0.3, -0.25) is 9.69 Å². The zero-order valence-corrected chi connectivity index (χ0v) is 16.8. The molecule has 0 atom stereocenters. The van der Waals surface area contributed by atoms with Crippen LogP contribution in [0.1, 0.15) is 15.4 Å². The summed E-state index contributed by atoms with van der Waals surface area (Å²) in [6.45, 7) is 4.59. The minimum Gasteiger partial charge on any atom is -0.353 e. The highest BCUT2D eigenvalue weighted by atomic mass is 35.5. The van der Waals surface area contributed by atoms with Crippen LogP contribution in [0, 0.1) is 0 Å². The summed E-state index contributed by atoms with van der Waals surface area (Å²) in [6.07, 6.45) is 0. The van der Waals surface area contributed by atoms with Crippen LogP contribution in [0.2, 0.25) is 4.34 Å². The summed E-state index contributed by atoms with van der Waals surface area (Å²) in [4.78, 5) is 18.2. The van der Waals surface area contributed by atoms with E-state index in [1.807, 2.05) is 42.5 Å². The molecule has 0 unspecified atom stereocenters. The summed E-state index contributed by atoms with van der Waals surface area (Å²) in [5, 5.41) is 11.2. The van der Waals surface area contributed by atoms with Crippen LogP contribution in [-0.2, 0) is 6.54 Å². The molecule has 0 bridgehead atoms. The number of anilines is 2. The van der Waals surface area contributed by atoms with E-state index in [1.165, 1.54) is 4.88 Å². The molecule has 0 aliphatic carbocycles. The van der Waals surface area contributed by atoms with Crippen molar-refractivity contribution >= 4 is 40.4 Å². The third kappa shape index (κ3) is 4.67. The first kappa shape index (κ1) is 18.9. The lowest BCUT2D eigenvalue weighted by molar-refractivity contribution is 0.102. The van der Waals surface area contributed by atoms with Crippen LogP contribution in [0.3, 0.4) is 0 Å². The zero-order chi connectivity index (χ0) is 19.3. The number of halogens is 1. The van der Waals surface area contributed by atoms with Crippen LogP contribution in [0.15, 0.2) is 54.6 Å². The van der Waals surface area contributed by atoms with Crippen molar-refractivity contribution in [1.82, 2.24) is 15.1 Å². The Balaban J connectivity index is 1.31. The Morgan fingerprint density at radius 3 is 2.43 bits per heavy atom. The fourth-order valence-electron chi connectivity index (χ4n) is 3.12. The second-order valence-corrected chi connectivity index (χ2v) is 8.37. The second-order valence-electron chi connectivity index (χ2n) is 6.57. The van der Waals surface area contributed by atoms with Gasteiger partial charge in [-0.1, -0.05) is 29.8 Å². The molecule has 28 heavy (non-hydrogen) atoms. The third-order valence-corrected chi connectivity index (χ3v) is 5.84. The molecule has 1 aromatic carbocycles. The molecule has 1 amide bonds. The molecule has 1 saturated heterocycles. The number of aromatic nitrogens is 2. The van der Waals surface area contributed by atoms with Gasteiger partial charge in [-0.25, -0.2) is 0 Å². The molecule has 0 saturated carbocycles. The molecular formula is C20H20ClN5OS. The quantitative estimate of drug-likeness (QED) is 0.690. The number of benzene rings is 1. The first-order valence-electron chi connectivity index (χ1n) is 9.09. The molecule has 0 radical (unpaired) electrons. The molecule has 1 aliphatic rings. The largest absolute Gasteiger partial charge is 0.353 e. The van der Waals surface area contributed by atoms with Gasteiger partial charge in [0.2, 0.25) is 0 Å². The number of amides is 1. The summed E-state index contributed by atoms with van der Waals surface area (Å²) in [5.74, 6) is 0.541. The normalized spacial score (nSPS) is 14.8. The third-order valence-electron chi connectivity index (χ3n) is 4.62. The highest BCUT2D eigenvalue weighted by Crippen LogP contribution is 2.23. The number of rotatable bonds is 5. The summed E-state index contributed by atoms with van der Waals surface area (Å²) < 4.78 is 0.834. The number of piperazine rings is 1. The zero-order valence-electron chi connectivity index (χ0n) is 15.2. The van der Waals surface area contributed by atoms with Crippen molar-refractivity contribution in [3.05, 3.63) is 69.5 Å². The van der Waals surface area contributed by atoms with E-state index in [2.05, 4.69) is 31.4 Å². The minimum absolute atomic E-state index is 0.260. The average Bonchev–Trinajstić information content (AvgIpc) is 3.14. The summed E-state index contributed by atoms with van der Waals surface area (Å²) in [6, 6.07) is 16.9. The standard InChI is InChI=1S/C20H20ClN5OS/c21-18-8-6-16(28-18)14-25-10-12-26(13-11-25)19-9-7-17(23-24-19)20(27)22-15-4-2-1-3-5-15/h1-9H,10-14H2,(H,22,27). The molecule has 2 aromatic heterocycles. The van der Waals surface area contributed by atoms with Crippen LogP contribution in [0.25, 0.3) is 0 Å². The maximum Gasteiger partial charge on any atom is 0.276 e. The SMILES string of the molecule is O=C(Nc1ccccc1)c1ccc(N2CCN(Cc3ccc(Cl)s3)CC2)nn1. The molecular weight excluding hydrogens is 394 g/mol. The van der Waals surface area contributed by atoms with E-state index in [1.54, 1.807) is 17.4 Å². The van der Waals surface area contributed by atoms with Gasteiger partial charge in [0, 0.05) is 43.3 Å². The van der Waals surface area contributed by atoms with E-state index in [0.717, 1.165) is 48.6 Å². The van der Waals surface area contributed by atoms with Gasteiger partial charge >= 0.3 is 0 Å². The van der Waals surface area contributed by atoms with Gasteiger partial charge in [0.15, 0.2) is 11.5 Å². The van der Waals surface area contributed by atoms with Crippen molar-refractivity contribution in [2.45, 2.75) is 6.54 Å². The van der Waals surface area contributed by atoms with Gasteiger partial charge < -0.3 is 10.2 Å². The summed E-state index contributed by atoms with van der Waals surface area (Å²) >= 11 is 7.64. The number of carbonyl (C=O) groups is 1. The van der Waals surface area contributed by atoms with E-state index in [0.29, 0.717) is 5.69 Å². The van der Waals surface area contributed by atoms with Gasteiger partial charge in [0.1, 0.15) is 0 Å². The number of nitrogens with one attached hydrogen (secondary N) is 1. The van der Waals surface area contributed by atoms with Crippen LogP contribution >= 0.6 is 22.9 Å². The Kier molecular flexibility index (Phi) is 5.85. The number of hydrogen-bond acceptors (Lipinski definition) is 6. The first-order valence-corrected chi connectivity index (χ1v) is 10.3. The summed E-state index contributed by atoms with van der Waals surface area (Å²) in [7, 11) is 0. The van der Waals surface area contributed by atoms with Gasteiger partial charge in [0.25, 0.3) is 5.91 Å². The van der Waals surface area contributed by atoms with Gasteiger partial charge in [-0.2, -0.15) is 0 Å². The van der Waals surface area contributed by atoms with Crippen molar-refractivity contribution in [1.29, 1.82) is 0 Å². The lowest BCUT2D eigenvalue weighted by Gasteiger charge is -2.34. The monoisotopic (exact) mass is 413 g/mol. The molecule has 0 spiro atoms. The fraction of sp³-hybridized carbons (Fsp3) is 0.250. The van der Waals surface area contributed by atoms with Crippen LogP contribution in [0.4, 0.5) is 11.5 Å². The Morgan fingerprint density at radius 1 is 1.00 bits per heavy atom. The number of para-hydroxylation sites is 1. The maximum absolute atomic E-state index is 12.3. The van der Waals surface area contributed by atoms with Gasteiger partial charge in [-0.15, -0.1) is 21.5 Å². The molecule has 1 N–H and O–H groups in total. The maximum atomic E-state index is 12.3. The average molecular weight is 414 g/mol. The summed E-state index contributed by atoms with van der Waals surface area (Å²) in [5.41, 5.74) is 1.04. The van der Waals surface area contributed by atoms with Crippen molar-refractivity contribution in [2.24, 2.45) is 0 Å². The van der Waals surface area contributed by atoms with E-state index in [-0.39, 0.29) is 5.91 Å². The van der Waals surface area contributed by atoms with Crippen molar-refractivity contribution < 1.29 is 4.79 Å². The number of carbonyl (C=O) groups excluding carboxylic acids is 1. The minimum atomic E-state index is -0.260. The van der Waals surface area contributed by atoms with Crippen LogP contribution < -0.4 is 10.2 Å². The van der Waals surface area contributed by atoms with Crippen molar-refractivity contribution in [3.8, 4) is 0 Å².